The third-order valence-electron chi connectivity index (χ3n) is 4.68. The molecule has 31 heavy (non-hydrogen) atoms. The van der Waals surface area contributed by atoms with Gasteiger partial charge in [-0.3, -0.25) is 4.79 Å². The Morgan fingerprint density at radius 2 is 1.71 bits per heavy atom. The predicted octanol–water partition coefficient (Wildman–Crippen LogP) is 1.93. The molecule has 0 heterocycles. The zero-order chi connectivity index (χ0) is 23.0. The second kappa shape index (κ2) is 11.1. The van der Waals surface area contributed by atoms with E-state index in [1.54, 1.807) is 12.1 Å². The number of carbonyl (C=O) groups is 1. The van der Waals surface area contributed by atoms with Gasteiger partial charge >= 0.3 is 0 Å². The standard InChI is InChI=1S/C21H28FN3O5S/c1-25(2)18(15-5-7-16(22)8-6-15)14-23-21(26)11-12-24-31(27,28)17-9-10-19(29-3)20(13-17)30-4/h5-10,13,18,24H,11-12,14H2,1-4H3,(H,23,26). The Morgan fingerprint density at radius 1 is 1.06 bits per heavy atom. The van der Waals surface area contributed by atoms with E-state index in [1.165, 1.54) is 44.6 Å². The predicted molar refractivity (Wildman–Crippen MR) is 115 cm³/mol. The van der Waals surface area contributed by atoms with Crippen LogP contribution in [-0.4, -0.2) is 60.6 Å². The van der Waals surface area contributed by atoms with Crippen LogP contribution in [0.5, 0.6) is 11.5 Å². The van der Waals surface area contributed by atoms with Crippen molar-refractivity contribution in [2.45, 2.75) is 17.4 Å². The van der Waals surface area contributed by atoms with Crippen LogP contribution >= 0.6 is 0 Å². The summed E-state index contributed by atoms with van der Waals surface area (Å²) in [6.07, 6.45) is -0.0317. The lowest BCUT2D eigenvalue weighted by atomic mass is 10.1. The molecule has 0 saturated heterocycles. The molecule has 0 aromatic heterocycles. The minimum Gasteiger partial charge on any atom is -0.493 e. The molecule has 1 amide bonds. The first-order chi connectivity index (χ1) is 14.7. The molecule has 2 N–H and O–H groups in total. The van der Waals surface area contributed by atoms with Gasteiger partial charge in [-0.05, 0) is 43.9 Å². The minimum atomic E-state index is -3.81. The van der Waals surface area contributed by atoms with E-state index < -0.39 is 10.0 Å². The van der Waals surface area contributed by atoms with Gasteiger partial charge in [0.2, 0.25) is 15.9 Å². The van der Waals surface area contributed by atoms with Crippen LogP contribution in [0.2, 0.25) is 0 Å². The van der Waals surface area contributed by atoms with Gasteiger partial charge in [-0.25, -0.2) is 17.5 Å². The molecular formula is C21H28FN3O5S. The van der Waals surface area contributed by atoms with Crippen LogP contribution < -0.4 is 19.5 Å². The van der Waals surface area contributed by atoms with E-state index in [2.05, 4.69) is 10.0 Å². The number of amides is 1. The second-order valence-electron chi connectivity index (χ2n) is 7.00. The van der Waals surface area contributed by atoms with Crippen LogP contribution in [0.1, 0.15) is 18.0 Å². The van der Waals surface area contributed by atoms with Gasteiger partial charge in [-0.15, -0.1) is 0 Å². The fraction of sp³-hybridized carbons (Fsp3) is 0.381. The van der Waals surface area contributed by atoms with Crippen LogP contribution in [0.15, 0.2) is 47.4 Å². The van der Waals surface area contributed by atoms with Gasteiger partial charge in [0.1, 0.15) is 5.82 Å². The Morgan fingerprint density at radius 3 is 2.29 bits per heavy atom. The van der Waals surface area contributed by atoms with E-state index in [4.69, 9.17) is 9.47 Å². The molecule has 0 fully saturated rings. The van der Waals surface area contributed by atoms with Crippen LogP contribution in [0.3, 0.4) is 0 Å². The normalized spacial score (nSPS) is 12.5. The fourth-order valence-corrected chi connectivity index (χ4v) is 4.00. The molecule has 1 unspecified atom stereocenters. The van der Waals surface area contributed by atoms with Crippen molar-refractivity contribution < 1.29 is 27.1 Å². The summed E-state index contributed by atoms with van der Waals surface area (Å²) in [5.41, 5.74) is 0.862. The molecule has 8 nitrogen and oxygen atoms in total. The molecule has 0 saturated carbocycles. The number of sulfonamides is 1. The molecular weight excluding hydrogens is 425 g/mol. The van der Waals surface area contributed by atoms with E-state index in [-0.39, 0.29) is 35.6 Å². The molecule has 0 aliphatic carbocycles. The van der Waals surface area contributed by atoms with Crippen molar-refractivity contribution in [3.05, 3.63) is 53.8 Å². The second-order valence-corrected chi connectivity index (χ2v) is 8.77. The minimum absolute atomic E-state index is 0.00883. The van der Waals surface area contributed by atoms with Crippen LogP contribution in [0, 0.1) is 5.82 Å². The molecule has 0 radical (unpaired) electrons. The molecule has 0 spiro atoms. The number of nitrogens with one attached hydrogen (secondary N) is 2. The number of hydrogen-bond donors (Lipinski definition) is 2. The van der Waals surface area contributed by atoms with Gasteiger partial charge in [0.25, 0.3) is 0 Å². The molecule has 10 heteroatoms. The number of nitrogens with zero attached hydrogens (tertiary/aromatic N) is 1. The molecule has 2 aromatic carbocycles. The number of hydrogen-bond acceptors (Lipinski definition) is 6. The number of benzene rings is 2. The van der Waals surface area contributed by atoms with Crippen molar-refractivity contribution in [2.24, 2.45) is 0 Å². The maximum atomic E-state index is 13.2. The Bertz CT molecular complexity index is 981. The first kappa shape index (κ1) is 24.6. The number of halogens is 1. The van der Waals surface area contributed by atoms with Gasteiger partial charge in [0.15, 0.2) is 11.5 Å². The lowest BCUT2D eigenvalue weighted by Gasteiger charge is -2.25. The number of carbonyl (C=O) groups excluding carboxylic acids is 1. The average molecular weight is 454 g/mol. The fourth-order valence-electron chi connectivity index (χ4n) is 2.95. The summed E-state index contributed by atoms with van der Waals surface area (Å²) in [6.45, 7) is 0.242. The Kier molecular flexibility index (Phi) is 8.78. The zero-order valence-electron chi connectivity index (χ0n) is 18.0. The van der Waals surface area contributed by atoms with Gasteiger partial charge in [-0.2, -0.15) is 0 Å². The monoisotopic (exact) mass is 453 g/mol. The van der Waals surface area contributed by atoms with E-state index in [1.807, 2.05) is 19.0 Å². The first-order valence-electron chi connectivity index (χ1n) is 9.58. The van der Waals surface area contributed by atoms with Crippen molar-refractivity contribution in [1.29, 1.82) is 0 Å². The van der Waals surface area contributed by atoms with Crippen molar-refractivity contribution in [2.75, 3.05) is 41.4 Å². The summed E-state index contributed by atoms with van der Waals surface area (Å²) in [4.78, 5) is 14.1. The Labute approximate surface area is 182 Å². The van der Waals surface area contributed by atoms with E-state index in [0.717, 1.165) is 5.56 Å². The summed E-state index contributed by atoms with van der Waals surface area (Å²) in [5, 5.41) is 2.79. The molecule has 170 valence electrons. The molecule has 2 aromatic rings. The van der Waals surface area contributed by atoms with Gasteiger partial charge in [0, 0.05) is 25.6 Å². The summed E-state index contributed by atoms with van der Waals surface area (Å²) in [7, 11) is 2.78. The van der Waals surface area contributed by atoms with E-state index >= 15 is 0 Å². The smallest absolute Gasteiger partial charge is 0.240 e. The van der Waals surface area contributed by atoms with Gasteiger partial charge in [-0.1, -0.05) is 12.1 Å². The average Bonchev–Trinajstić information content (AvgIpc) is 2.74. The highest BCUT2D eigenvalue weighted by molar-refractivity contribution is 7.89. The SMILES string of the molecule is COc1ccc(S(=O)(=O)NCCC(=O)NCC(c2ccc(F)cc2)N(C)C)cc1OC. The summed E-state index contributed by atoms with van der Waals surface area (Å²) in [5.74, 6) is 0.0760. The number of ether oxygens (including phenoxy) is 2. The summed E-state index contributed by atoms with van der Waals surface area (Å²) < 4.78 is 50.7. The molecule has 0 aliphatic heterocycles. The maximum absolute atomic E-state index is 13.2. The molecule has 2 rings (SSSR count). The van der Waals surface area contributed by atoms with Crippen molar-refractivity contribution in [3.8, 4) is 11.5 Å². The lowest BCUT2D eigenvalue weighted by Crippen LogP contribution is -2.36. The Balaban J connectivity index is 1.90. The maximum Gasteiger partial charge on any atom is 0.240 e. The zero-order valence-corrected chi connectivity index (χ0v) is 18.8. The van der Waals surface area contributed by atoms with Gasteiger partial charge < -0.3 is 19.7 Å². The summed E-state index contributed by atoms with van der Waals surface area (Å²) >= 11 is 0. The highest BCUT2D eigenvalue weighted by Gasteiger charge is 2.18. The third kappa shape index (κ3) is 6.91. The molecule has 0 aliphatic rings. The largest absolute Gasteiger partial charge is 0.493 e. The van der Waals surface area contributed by atoms with Crippen molar-refractivity contribution in [3.63, 3.8) is 0 Å². The first-order valence-corrected chi connectivity index (χ1v) is 11.1. The van der Waals surface area contributed by atoms with Crippen LogP contribution in [0.25, 0.3) is 0 Å². The lowest BCUT2D eigenvalue weighted by molar-refractivity contribution is -0.121. The van der Waals surface area contributed by atoms with Gasteiger partial charge in [0.05, 0.1) is 25.2 Å². The molecule has 1 atom stereocenters. The highest BCUT2D eigenvalue weighted by atomic mass is 32.2. The van der Waals surface area contributed by atoms with Crippen molar-refractivity contribution >= 4 is 15.9 Å². The Hall–Kier alpha value is -2.69. The quantitative estimate of drug-likeness (QED) is 0.540. The van der Waals surface area contributed by atoms with E-state index in [0.29, 0.717) is 18.0 Å². The summed E-state index contributed by atoms with van der Waals surface area (Å²) in [6, 6.07) is 10.2. The number of methoxy groups -OCH3 is 2. The highest BCUT2D eigenvalue weighted by Crippen LogP contribution is 2.29. The van der Waals surface area contributed by atoms with E-state index in [9.17, 15) is 17.6 Å². The van der Waals surface area contributed by atoms with Crippen LogP contribution in [0.4, 0.5) is 4.39 Å². The third-order valence-corrected chi connectivity index (χ3v) is 6.14. The number of rotatable bonds is 11. The number of likely N-dealkylation sites (N-methyl/N-ethyl adjacent to an activating group) is 1. The molecule has 0 bridgehead atoms. The topological polar surface area (TPSA) is 97.0 Å². The van der Waals surface area contributed by atoms with Crippen molar-refractivity contribution in [1.82, 2.24) is 14.9 Å². The van der Waals surface area contributed by atoms with Crippen LogP contribution in [-0.2, 0) is 14.8 Å².